The van der Waals surface area contributed by atoms with E-state index in [-0.39, 0.29) is 11.9 Å². The zero-order valence-corrected chi connectivity index (χ0v) is 16.5. The van der Waals surface area contributed by atoms with Crippen LogP contribution in [-0.4, -0.2) is 30.5 Å². The summed E-state index contributed by atoms with van der Waals surface area (Å²) in [5, 5.41) is 9.68. The number of nitrogens with one attached hydrogen (secondary N) is 3. The molecule has 140 valence electrons. The molecule has 5 heteroatoms. The molecule has 1 amide bonds. The second-order valence-electron chi connectivity index (χ2n) is 6.86. The Bertz CT molecular complexity index is 569. The number of nitrogens with zero attached hydrogens (tertiary/aromatic N) is 1. The van der Waals surface area contributed by atoms with E-state index in [0.29, 0.717) is 24.1 Å². The van der Waals surface area contributed by atoms with E-state index >= 15 is 0 Å². The van der Waals surface area contributed by atoms with Gasteiger partial charge in [-0.25, -0.2) is 4.99 Å². The van der Waals surface area contributed by atoms with Crippen molar-refractivity contribution in [1.82, 2.24) is 16.0 Å². The number of hydrogen-bond acceptors (Lipinski definition) is 2. The van der Waals surface area contributed by atoms with Crippen molar-refractivity contribution in [2.45, 2.75) is 66.6 Å². The highest BCUT2D eigenvalue weighted by molar-refractivity contribution is 5.94. The van der Waals surface area contributed by atoms with Gasteiger partial charge in [0.05, 0.1) is 6.54 Å². The van der Waals surface area contributed by atoms with E-state index < -0.39 is 0 Å². The molecular weight excluding hydrogens is 312 g/mol. The Labute approximate surface area is 152 Å². The predicted molar refractivity (Wildman–Crippen MR) is 106 cm³/mol. The molecule has 1 rings (SSSR count). The van der Waals surface area contributed by atoms with Crippen molar-refractivity contribution in [2.24, 2.45) is 10.9 Å². The average molecular weight is 347 g/mol. The highest BCUT2D eigenvalue weighted by atomic mass is 16.1. The zero-order valence-electron chi connectivity index (χ0n) is 16.5. The fourth-order valence-electron chi connectivity index (χ4n) is 2.09. The van der Waals surface area contributed by atoms with Gasteiger partial charge in [0.1, 0.15) is 0 Å². The van der Waals surface area contributed by atoms with Crippen molar-refractivity contribution in [3.63, 3.8) is 0 Å². The molecule has 0 saturated heterocycles. The van der Waals surface area contributed by atoms with Gasteiger partial charge < -0.3 is 16.0 Å². The standard InChI is InChI=1S/C20H34N4O/c1-7-15(5)23-19(25)18-11-9-10-17(12-18)13-22-20(21-8-2)24-16(6)14(3)4/h9-12,14-16H,7-8,13H2,1-6H3,(H,23,25)(H2,21,22,24). The van der Waals surface area contributed by atoms with Gasteiger partial charge in [-0.15, -0.1) is 0 Å². The van der Waals surface area contributed by atoms with Crippen LogP contribution >= 0.6 is 0 Å². The van der Waals surface area contributed by atoms with Crippen molar-refractivity contribution in [3.05, 3.63) is 35.4 Å². The lowest BCUT2D eigenvalue weighted by Gasteiger charge is -2.20. The Kier molecular flexibility index (Phi) is 9.03. The van der Waals surface area contributed by atoms with Crippen LogP contribution < -0.4 is 16.0 Å². The van der Waals surface area contributed by atoms with Crippen LogP contribution in [-0.2, 0) is 6.54 Å². The van der Waals surface area contributed by atoms with Gasteiger partial charge in [0.25, 0.3) is 5.91 Å². The van der Waals surface area contributed by atoms with E-state index in [9.17, 15) is 4.79 Å². The highest BCUT2D eigenvalue weighted by Gasteiger charge is 2.10. The lowest BCUT2D eigenvalue weighted by molar-refractivity contribution is 0.0939. The molecule has 0 aromatic heterocycles. The molecule has 0 saturated carbocycles. The molecule has 0 aliphatic rings. The van der Waals surface area contributed by atoms with Crippen LogP contribution in [0.2, 0.25) is 0 Å². The minimum absolute atomic E-state index is 0.0290. The summed E-state index contributed by atoms with van der Waals surface area (Å²) in [6.07, 6.45) is 0.918. The van der Waals surface area contributed by atoms with E-state index in [1.54, 1.807) is 0 Å². The normalized spacial score (nSPS) is 14.1. The molecule has 0 bridgehead atoms. The van der Waals surface area contributed by atoms with E-state index in [1.807, 2.05) is 31.2 Å². The Morgan fingerprint density at radius 2 is 1.84 bits per heavy atom. The molecule has 2 unspecified atom stereocenters. The van der Waals surface area contributed by atoms with E-state index in [4.69, 9.17) is 0 Å². The van der Waals surface area contributed by atoms with Crippen LogP contribution in [0.25, 0.3) is 0 Å². The molecule has 0 spiro atoms. The fraction of sp³-hybridized carbons (Fsp3) is 0.600. The summed E-state index contributed by atoms with van der Waals surface area (Å²) in [7, 11) is 0. The molecule has 5 nitrogen and oxygen atoms in total. The van der Waals surface area contributed by atoms with E-state index in [0.717, 1.165) is 24.5 Å². The summed E-state index contributed by atoms with van der Waals surface area (Å²) in [6.45, 7) is 14.0. The minimum Gasteiger partial charge on any atom is -0.357 e. The monoisotopic (exact) mass is 346 g/mol. The number of guanidine groups is 1. The van der Waals surface area contributed by atoms with Crippen molar-refractivity contribution in [3.8, 4) is 0 Å². The summed E-state index contributed by atoms with van der Waals surface area (Å²) in [6, 6.07) is 8.18. The SMILES string of the molecule is CCNC(=NCc1cccc(C(=O)NC(C)CC)c1)NC(C)C(C)C. The van der Waals surface area contributed by atoms with Gasteiger partial charge in [-0.2, -0.15) is 0 Å². The molecule has 0 fully saturated rings. The Morgan fingerprint density at radius 3 is 2.44 bits per heavy atom. The van der Waals surface area contributed by atoms with Crippen LogP contribution in [0.15, 0.2) is 29.3 Å². The van der Waals surface area contributed by atoms with Crippen molar-refractivity contribution in [1.29, 1.82) is 0 Å². The molecule has 0 aliphatic carbocycles. The molecule has 0 heterocycles. The summed E-state index contributed by atoms with van der Waals surface area (Å²) in [5.41, 5.74) is 1.70. The highest BCUT2D eigenvalue weighted by Crippen LogP contribution is 2.08. The maximum atomic E-state index is 12.3. The summed E-state index contributed by atoms with van der Waals surface area (Å²) >= 11 is 0. The van der Waals surface area contributed by atoms with Crippen molar-refractivity contribution in [2.75, 3.05) is 6.54 Å². The molecule has 0 radical (unpaired) electrons. The summed E-state index contributed by atoms with van der Waals surface area (Å²) in [5.74, 6) is 1.30. The van der Waals surface area contributed by atoms with E-state index in [1.165, 1.54) is 0 Å². The lowest BCUT2D eigenvalue weighted by atomic mass is 10.1. The van der Waals surface area contributed by atoms with Gasteiger partial charge in [-0.3, -0.25) is 4.79 Å². The minimum atomic E-state index is -0.0290. The molecule has 2 atom stereocenters. The number of aliphatic imine (C=N–C) groups is 1. The van der Waals surface area contributed by atoms with Gasteiger partial charge in [-0.1, -0.05) is 32.9 Å². The number of hydrogen-bond donors (Lipinski definition) is 3. The van der Waals surface area contributed by atoms with Gasteiger partial charge in [0.2, 0.25) is 0 Å². The molecular formula is C20H34N4O. The van der Waals surface area contributed by atoms with Crippen LogP contribution in [0, 0.1) is 5.92 Å². The van der Waals surface area contributed by atoms with Crippen LogP contribution in [0.5, 0.6) is 0 Å². The van der Waals surface area contributed by atoms with Crippen molar-refractivity contribution < 1.29 is 4.79 Å². The van der Waals surface area contributed by atoms with Gasteiger partial charge in [0.15, 0.2) is 5.96 Å². The number of carbonyl (C=O) groups excluding carboxylic acids is 1. The first-order valence-electron chi connectivity index (χ1n) is 9.31. The number of rotatable bonds is 8. The Morgan fingerprint density at radius 1 is 1.12 bits per heavy atom. The largest absolute Gasteiger partial charge is 0.357 e. The maximum Gasteiger partial charge on any atom is 0.251 e. The third kappa shape index (κ3) is 7.59. The lowest BCUT2D eigenvalue weighted by Crippen LogP contribution is -2.44. The second kappa shape index (κ2) is 10.7. The quantitative estimate of drug-likeness (QED) is 0.500. The van der Waals surface area contributed by atoms with Gasteiger partial charge in [-0.05, 0) is 50.8 Å². The van der Waals surface area contributed by atoms with Crippen molar-refractivity contribution >= 4 is 11.9 Å². The van der Waals surface area contributed by atoms with Gasteiger partial charge in [0, 0.05) is 24.2 Å². The topological polar surface area (TPSA) is 65.5 Å². The van der Waals surface area contributed by atoms with Crippen LogP contribution in [0.4, 0.5) is 0 Å². The van der Waals surface area contributed by atoms with Crippen LogP contribution in [0.1, 0.15) is 63.9 Å². The predicted octanol–water partition coefficient (Wildman–Crippen LogP) is 3.31. The Hall–Kier alpha value is -2.04. The molecule has 1 aromatic carbocycles. The molecule has 1 aromatic rings. The molecule has 0 aliphatic heterocycles. The first kappa shape index (κ1) is 21.0. The smallest absolute Gasteiger partial charge is 0.251 e. The molecule has 3 N–H and O–H groups in total. The first-order chi connectivity index (χ1) is 11.9. The number of benzene rings is 1. The number of amides is 1. The zero-order chi connectivity index (χ0) is 18.8. The first-order valence-corrected chi connectivity index (χ1v) is 9.31. The molecule has 25 heavy (non-hydrogen) atoms. The summed E-state index contributed by atoms with van der Waals surface area (Å²) < 4.78 is 0. The fourth-order valence-corrected chi connectivity index (χ4v) is 2.09. The second-order valence-corrected chi connectivity index (χ2v) is 6.86. The Balaban J connectivity index is 2.79. The van der Waals surface area contributed by atoms with E-state index in [2.05, 4.69) is 55.6 Å². The summed E-state index contributed by atoms with van der Waals surface area (Å²) in [4.78, 5) is 16.9. The number of carbonyl (C=O) groups is 1. The average Bonchev–Trinajstić information content (AvgIpc) is 2.59. The van der Waals surface area contributed by atoms with Gasteiger partial charge >= 0.3 is 0 Å². The maximum absolute atomic E-state index is 12.3. The van der Waals surface area contributed by atoms with Crippen LogP contribution in [0.3, 0.4) is 0 Å². The third-order valence-corrected chi connectivity index (χ3v) is 4.31. The third-order valence-electron chi connectivity index (χ3n) is 4.31.